The Balaban J connectivity index is 1.55. The molecule has 1 amide bonds. The maximum absolute atomic E-state index is 12.1. The number of aryl methyl sites for hydroxylation is 1. The van der Waals surface area contributed by atoms with Crippen molar-refractivity contribution in [2.24, 2.45) is 0 Å². The van der Waals surface area contributed by atoms with Gasteiger partial charge in [0.2, 0.25) is 5.95 Å². The van der Waals surface area contributed by atoms with Crippen LogP contribution in [0.2, 0.25) is 0 Å². The molecular weight excluding hydrogens is 256 g/mol. The van der Waals surface area contributed by atoms with Gasteiger partial charge in [-0.15, -0.1) is 0 Å². The number of hydrogen-bond acceptors (Lipinski definition) is 6. The van der Waals surface area contributed by atoms with Crippen LogP contribution in [0.5, 0.6) is 0 Å². The molecule has 1 N–H and O–H groups in total. The smallest absolute Gasteiger partial charge is 0.274 e. The highest BCUT2D eigenvalue weighted by atomic mass is 16.2. The van der Waals surface area contributed by atoms with E-state index in [4.69, 9.17) is 0 Å². The first-order chi connectivity index (χ1) is 9.72. The Morgan fingerprint density at radius 3 is 2.60 bits per heavy atom. The third-order valence-electron chi connectivity index (χ3n) is 3.07. The second-order valence-electron chi connectivity index (χ2n) is 4.67. The van der Waals surface area contributed by atoms with Gasteiger partial charge in [-0.2, -0.15) is 0 Å². The predicted octanol–water partition coefficient (Wildman–Crippen LogP) is 0.512. The van der Waals surface area contributed by atoms with Crippen molar-refractivity contribution in [3.05, 3.63) is 42.2 Å². The summed E-state index contributed by atoms with van der Waals surface area (Å²) in [6.45, 7) is 3.07. The van der Waals surface area contributed by atoms with Crippen molar-refractivity contribution in [1.29, 1.82) is 0 Å². The fraction of sp³-hybridized carbons (Fsp3) is 0.308. The average molecular weight is 270 g/mol. The van der Waals surface area contributed by atoms with Crippen LogP contribution in [0.1, 0.15) is 16.2 Å². The van der Waals surface area contributed by atoms with Gasteiger partial charge in [0.15, 0.2) is 0 Å². The van der Waals surface area contributed by atoms with Crippen LogP contribution in [0.25, 0.3) is 0 Å². The number of carbonyl (C=O) groups excluding carboxylic acids is 1. The quantitative estimate of drug-likeness (QED) is 0.875. The summed E-state index contributed by atoms with van der Waals surface area (Å²) in [5.74, 6) is 0.490. The van der Waals surface area contributed by atoms with E-state index < -0.39 is 0 Å². The van der Waals surface area contributed by atoms with Gasteiger partial charge in [-0.1, -0.05) is 0 Å². The largest absolute Gasteiger partial charge is 0.348 e. The van der Waals surface area contributed by atoms with E-state index in [9.17, 15) is 4.79 Å². The maximum Gasteiger partial charge on any atom is 0.274 e. The van der Waals surface area contributed by atoms with Crippen LogP contribution < -0.4 is 5.32 Å². The first-order valence-corrected chi connectivity index (χ1v) is 6.34. The highest BCUT2D eigenvalue weighted by molar-refractivity contribution is 5.92. The van der Waals surface area contributed by atoms with E-state index in [1.165, 1.54) is 6.20 Å². The van der Waals surface area contributed by atoms with E-state index in [1.54, 1.807) is 29.6 Å². The van der Waals surface area contributed by atoms with Crippen molar-refractivity contribution in [3.8, 4) is 0 Å². The second kappa shape index (κ2) is 5.20. The second-order valence-corrected chi connectivity index (χ2v) is 4.67. The summed E-state index contributed by atoms with van der Waals surface area (Å²) in [6, 6.07) is 1.94. The van der Waals surface area contributed by atoms with Crippen molar-refractivity contribution in [3.63, 3.8) is 0 Å². The van der Waals surface area contributed by atoms with Gasteiger partial charge in [-0.05, 0) is 13.0 Å². The third-order valence-corrected chi connectivity index (χ3v) is 3.07. The van der Waals surface area contributed by atoms with Crippen LogP contribution in [-0.4, -0.2) is 49.9 Å². The zero-order chi connectivity index (χ0) is 13.9. The molecule has 0 saturated carbocycles. The standard InChI is InChI=1S/C13H14N6O/c1-9-5-17-11(6-16-9)12(20)19-7-10(8-19)18-13-14-3-2-4-15-13/h2-6,10H,7-8H2,1H3,(H,14,15,18). The Morgan fingerprint density at radius 1 is 1.20 bits per heavy atom. The van der Waals surface area contributed by atoms with Gasteiger partial charge in [0, 0.05) is 31.7 Å². The lowest BCUT2D eigenvalue weighted by atomic mass is 10.1. The normalized spacial score (nSPS) is 14.8. The van der Waals surface area contributed by atoms with Crippen LogP contribution >= 0.6 is 0 Å². The first-order valence-electron chi connectivity index (χ1n) is 6.34. The minimum Gasteiger partial charge on any atom is -0.348 e. The average Bonchev–Trinajstić information content (AvgIpc) is 2.44. The summed E-state index contributed by atoms with van der Waals surface area (Å²) in [6.07, 6.45) is 6.47. The summed E-state index contributed by atoms with van der Waals surface area (Å²) >= 11 is 0. The molecule has 1 aliphatic heterocycles. The molecule has 0 bridgehead atoms. The van der Waals surface area contributed by atoms with Crippen molar-refractivity contribution in [2.45, 2.75) is 13.0 Å². The topological polar surface area (TPSA) is 83.9 Å². The predicted molar refractivity (Wildman–Crippen MR) is 72.1 cm³/mol. The van der Waals surface area contributed by atoms with E-state index >= 15 is 0 Å². The molecule has 2 aromatic heterocycles. The van der Waals surface area contributed by atoms with Crippen LogP contribution in [0.4, 0.5) is 5.95 Å². The highest BCUT2D eigenvalue weighted by Crippen LogP contribution is 2.14. The third kappa shape index (κ3) is 2.56. The molecule has 1 fully saturated rings. The van der Waals surface area contributed by atoms with Gasteiger partial charge in [0.05, 0.1) is 17.9 Å². The van der Waals surface area contributed by atoms with Crippen molar-refractivity contribution >= 4 is 11.9 Å². The lowest BCUT2D eigenvalue weighted by molar-refractivity contribution is 0.0618. The number of nitrogens with zero attached hydrogens (tertiary/aromatic N) is 5. The van der Waals surface area contributed by atoms with Crippen molar-refractivity contribution in [2.75, 3.05) is 18.4 Å². The van der Waals surface area contributed by atoms with Gasteiger partial charge in [-0.25, -0.2) is 15.0 Å². The molecule has 2 aromatic rings. The molecule has 3 rings (SSSR count). The molecule has 0 unspecified atom stereocenters. The number of carbonyl (C=O) groups is 1. The summed E-state index contributed by atoms with van der Waals surface area (Å²) in [7, 11) is 0. The lowest BCUT2D eigenvalue weighted by Gasteiger charge is -2.39. The molecule has 3 heterocycles. The molecule has 0 aromatic carbocycles. The molecule has 0 radical (unpaired) electrons. The van der Waals surface area contributed by atoms with Crippen LogP contribution in [0.3, 0.4) is 0 Å². The van der Waals surface area contributed by atoms with Gasteiger partial charge in [0.25, 0.3) is 5.91 Å². The minimum atomic E-state index is -0.0930. The van der Waals surface area contributed by atoms with Gasteiger partial charge >= 0.3 is 0 Å². The summed E-state index contributed by atoms with van der Waals surface area (Å²) < 4.78 is 0. The van der Waals surface area contributed by atoms with Gasteiger partial charge < -0.3 is 10.2 Å². The van der Waals surface area contributed by atoms with E-state index in [-0.39, 0.29) is 11.9 Å². The lowest BCUT2D eigenvalue weighted by Crippen LogP contribution is -2.57. The molecule has 1 aliphatic rings. The molecule has 0 spiro atoms. The zero-order valence-electron chi connectivity index (χ0n) is 11.0. The number of hydrogen-bond donors (Lipinski definition) is 1. The Bertz CT molecular complexity index is 594. The Morgan fingerprint density at radius 2 is 1.95 bits per heavy atom. The van der Waals surface area contributed by atoms with E-state index in [2.05, 4.69) is 25.3 Å². The van der Waals surface area contributed by atoms with Gasteiger partial charge in [-0.3, -0.25) is 9.78 Å². The number of anilines is 1. The van der Waals surface area contributed by atoms with Gasteiger partial charge in [0.1, 0.15) is 5.69 Å². The zero-order valence-corrected chi connectivity index (χ0v) is 11.0. The Labute approximate surface area is 116 Å². The summed E-state index contributed by atoms with van der Waals surface area (Å²) in [5.41, 5.74) is 1.18. The fourth-order valence-corrected chi connectivity index (χ4v) is 1.96. The number of likely N-dealkylation sites (tertiary alicyclic amines) is 1. The number of rotatable bonds is 3. The molecule has 1 saturated heterocycles. The molecule has 102 valence electrons. The van der Waals surface area contributed by atoms with E-state index in [0.717, 1.165) is 5.69 Å². The minimum absolute atomic E-state index is 0.0930. The molecule has 0 aliphatic carbocycles. The molecule has 7 nitrogen and oxygen atoms in total. The Kier molecular flexibility index (Phi) is 3.24. The SMILES string of the molecule is Cc1cnc(C(=O)N2CC(Nc3ncccn3)C2)cn1. The van der Waals surface area contributed by atoms with E-state index in [1.807, 2.05) is 6.92 Å². The van der Waals surface area contributed by atoms with Crippen LogP contribution in [0, 0.1) is 6.92 Å². The van der Waals surface area contributed by atoms with Crippen molar-refractivity contribution < 1.29 is 4.79 Å². The molecule has 7 heteroatoms. The van der Waals surface area contributed by atoms with E-state index in [0.29, 0.717) is 24.7 Å². The van der Waals surface area contributed by atoms with Crippen LogP contribution in [-0.2, 0) is 0 Å². The number of nitrogens with one attached hydrogen (secondary N) is 1. The van der Waals surface area contributed by atoms with Crippen molar-refractivity contribution in [1.82, 2.24) is 24.8 Å². The molecule has 20 heavy (non-hydrogen) atoms. The summed E-state index contributed by atoms with van der Waals surface area (Å²) in [5, 5.41) is 3.17. The molecular formula is C13H14N6O. The number of aromatic nitrogens is 4. The monoisotopic (exact) mass is 270 g/mol. The highest BCUT2D eigenvalue weighted by Gasteiger charge is 2.32. The maximum atomic E-state index is 12.1. The van der Waals surface area contributed by atoms with Crippen LogP contribution in [0.15, 0.2) is 30.9 Å². The fourth-order valence-electron chi connectivity index (χ4n) is 1.96. The summed E-state index contributed by atoms with van der Waals surface area (Å²) in [4.78, 5) is 30.2. The number of amides is 1. The Hall–Kier alpha value is -2.57. The first kappa shape index (κ1) is 12.5. The molecule has 0 atom stereocenters.